The lowest BCUT2D eigenvalue weighted by atomic mass is 10.1. The number of carboxylic acids is 2. The molecular formula is C31H34F3N7O8. The number of amides is 2. The van der Waals surface area contributed by atoms with E-state index in [4.69, 9.17) is 14.6 Å². The number of hydrogen-bond acceptors (Lipinski definition) is 10. The molecule has 2 aromatic carbocycles. The summed E-state index contributed by atoms with van der Waals surface area (Å²) in [6.07, 6.45) is -4.78. The lowest BCUT2D eigenvalue weighted by Gasteiger charge is -2.19. The van der Waals surface area contributed by atoms with Gasteiger partial charge in [-0.2, -0.15) is 23.1 Å². The molecule has 1 atom stereocenters. The Labute approximate surface area is 277 Å². The lowest BCUT2D eigenvalue weighted by molar-refractivity contribution is -0.442. The van der Waals surface area contributed by atoms with E-state index >= 15 is 0 Å². The van der Waals surface area contributed by atoms with Crippen molar-refractivity contribution in [2.45, 2.75) is 59.0 Å². The quantitative estimate of drug-likeness (QED) is 0.180. The van der Waals surface area contributed by atoms with Gasteiger partial charge in [-0.3, -0.25) is 19.5 Å². The number of carbonyl (C=O) groups excluding carboxylic acids is 3. The number of guanidine groups is 1. The minimum Gasteiger partial charge on any atom is -0.542 e. The molecule has 1 aliphatic rings. The van der Waals surface area contributed by atoms with Crippen molar-refractivity contribution in [2.75, 3.05) is 11.9 Å². The Morgan fingerprint density at radius 1 is 1.06 bits per heavy atom. The number of nitrogens with zero attached hydrogens (tertiary/aromatic N) is 3. The molecule has 18 heteroatoms. The number of rotatable bonds is 11. The molecule has 4 rings (SSSR count). The molecule has 2 amide bonds. The minimum absolute atomic E-state index is 0.0187. The summed E-state index contributed by atoms with van der Waals surface area (Å²) in [4.78, 5) is 66.2. The van der Waals surface area contributed by atoms with Crippen molar-refractivity contribution in [3.63, 3.8) is 0 Å². The summed E-state index contributed by atoms with van der Waals surface area (Å²) in [6, 6.07) is 12.1. The highest BCUT2D eigenvalue weighted by atomic mass is 19.4. The maximum absolute atomic E-state index is 12.7. The highest BCUT2D eigenvalue weighted by molar-refractivity contribution is 5.96. The average molecular weight is 690 g/mol. The second-order valence-electron chi connectivity index (χ2n) is 10.9. The number of benzene rings is 2. The van der Waals surface area contributed by atoms with Gasteiger partial charge in [0, 0.05) is 37.3 Å². The summed E-state index contributed by atoms with van der Waals surface area (Å²) < 4.78 is 38.0. The first-order chi connectivity index (χ1) is 23.0. The second-order valence-corrected chi connectivity index (χ2v) is 10.9. The molecular weight excluding hydrogens is 655 g/mol. The number of carboxylic acid groups (broad SMARTS) is 2. The zero-order valence-corrected chi connectivity index (χ0v) is 26.6. The SMILES string of the molecule is Cc1cc2c(cc1C)[NH2+]C(NC(=O)CCNc1nc(=O)n(CC(CC(=O)O)NC(=O)OCc3ccccc3)cc1C)=N2.O=C([O-])C(F)(F)F. The zero-order valence-electron chi connectivity index (χ0n) is 26.6. The van der Waals surface area contributed by atoms with Gasteiger partial charge in [0.15, 0.2) is 5.69 Å². The predicted molar refractivity (Wildman–Crippen MR) is 166 cm³/mol. The van der Waals surface area contributed by atoms with E-state index in [0.717, 1.165) is 28.1 Å². The van der Waals surface area contributed by atoms with Gasteiger partial charge < -0.3 is 30.4 Å². The van der Waals surface area contributed by atoms with E-state index in [-0.39, 0.29) is 32.0 Å². The van der Waals surface area contributed by atoms with Crippen LogP contribution < -0.4 is 32.1 Å². The monoisotopic (exact) mass is 689 g/mol. The number of fused-ring (bicyclic) bond motifs is 1. The van der Waals surface area contributed by atoms with Gasteiger partial charge in [-0.05, 0) is 43.5 Å². The molecule has 1 unspecified atom stereocenters. The molecule has 262 valence electrons. The van der Waals surface area contributed by atoms with Crippen LogP contribution in [-0.4, -0.2) is 63.3 Å². The van der Waals surface area contributed by atoms with E-state index in [9.17, 15) is 37.5 Å². The van der Waals surface area contributed by atoms with Crippen molar-refractivity contribution in [1.29, 1.82) is 0 Å². The molecule has 0 bridgehead atoms. The smallest absolute Gasteiger partial charge is 0.430 e. The van der Waals surface area contributed by atoms with Crippen LogP contribution in [0, 0.1) is 20.8 Å². The molecule has 3 aromatic rings. The molecule has 49 heavy (non-hydrogen) atoms. The molecule has 1 aromatic heterocycles. The van der Waals surface area contributed by atoms with Gasteiger partial charge in [-0.25, -0.2) is 14.9 Å². The Balaban J connectivity index is 0.000000838. The Bertz CT molecular complexity index is 1780. The molecule has 0 fully saturated rings. The van der Waals surface area contributed by atoms with E-state index in [0.29, 0.717) is 17.3 Å². The number of ether oxygens (including phenoxy) is 1. The number of carbonyl (C=O) groups is 4. The number of aryl methyl sites for hydroxylation is 3. The number of alkyl carbamates (subject to hydrolysis) is 1. The minimum atomic E-state index is -5.19. The van der Waals surface area contributed by atoms with Gasteiger partial charge in [-0.15, -0.1) is 0 Å². The van der Waals surface area contributed by atoms with E-state index < -0.39 is 42.4 Å². The van der Waals surface area contributed by atoms with Crippen molar-refractivity contribution in [2.24, 2.45) is 4.99 Å². The highest BCUT2D eigenvalue weighted by Gasteiger charge is 2.29. The molecule has 0 saturated carbocycles. The second kappa shape index (κ2) is 16.9. The largest absolute Gasteiger partial charge is 0.542 e. The molecule has 2 heterocycles. The van der Waals surface area contributed by atoms with Crippen LogP contribution in [0.25, 0.3) is 0 Å². The van der Waals surface area contributed by atoms with E-state index in [1.54, 1.807) is 19.1 Å². The van der Waals surface area contributed by atoms with Gasteiger partial charge >= 0.3 is 29.9 Å². The number of halogens is 3. The van der Waals surface area contributed by atoms with Crippen molar-refractivity contribution < 1.29 is 52.6 Å². The van der Waals surface area contributed by atoms with Gasteiger partial charge in [0.25, 0.3) is 0 Å². The molecule has 0 saturated heterocycles. The molecule has 1 aliphatic heterocycles. The number of aromatic nitrogens is 2. The van der Waals surface area contributed by atoms with Crippen molar-refractivity contribution >= 4 is 47.1 Å². The number of alkyl halides is 3. The van der Waals surface area contributed by atoms with Gasteiger partial charge in [0.05, 0.1) is 12.5 Å². The summed E-state index contributed by atoms with van der Waals surface area (Å²) in [5.74, 6) is -3.62. The van der Waals surface area contributed by atoms with E-state index in [1.807, 2.05) is 49.5 Å². The number of quaternary nitrogens is 1. The first kappa shape index (κ1) is 37.7. The fourth-order valence-electron chi connectivity index (χ4n) is 4.36. The van der Waals surface area contributed by atoms with Crippen LogP contribution in [0.4, 0.5) is 35.2 Å². The normalized spacial score (nSPS) is 12.4. The fourth-order valence-corrected chi connectivity index (χ4v) is 4.36. The van der Waals surface area contributed by atoms with Crippen LogP contribution >= 0.6 is 0 Å². The first-order valence-corrected chi connectivity index (χ1v) is 14.7. The van der Waals surface area contributed by atoms with Crippen molar-refractivity contribution in [3.05, 3.63) is 81.4 Å². The van der Waals surface area contributed by atoms with Crippen LogP contribution in [0.15, 0.2) is 58.4 Å². The van der Waals surface area contributed by atoms with Crippen LogP contribution in [0.5, 0.6) is 0 Å². The summed E-state index contributed by atoms with van der Waals surface area (Å²) in [5, 5.41) is 28.2. The summed E-state index contributed by atoms with van der Waals surface area (Å²) in [7, 11) is 0. The number of aliphatic imine (C=N–C) groups is 1. The Morgan fingerprint density at radius 2 is 1.71 bits per heavy atom. The summed E-state index contributed by atoms with van der Waals surface area (Å²) in [6.45, 7) is 5.88. The maximum Gasteiger partial charge on any atom is 0.430 e. The molecule has 0 radical (unpaired) electrons. The molecule has 0 spiro atoms. The number of nitrogens with two attached hydrogens (primary N) is 1. The maximum atomic E-state index is 12.7. The van der Waals surface area contributed by atoms with Crippen LogP contribution in [0.2, 0.25) is 0 Å². The number of anilines is 1. The van der Waals surface area contributed by atoms with Crippen molar-refractivity contribution in [1.82, 2.24) is 20.2 Å². The fraction of sp³-hybridized carbons (Fsp3) is 0.323. The van der Waals surface area contributed by atoms with Crippen LogP contribution in [-0.2, 0) is 32.3 Å². The number of hydrogen-bond donors (Lipinski definition) is 5. The molecule has 15 nitrogen and oxygen atoms in total. The lowest BCUT2D eigenvalue weighted by Crippen LogP contribution is -2.84. The number of aliphatic carboxylic acids is 2. The molecule has 6 N–H and O–H groups in total. The Hall–Kier alpha value is -5.78. The first-order valence-electron chi connectivity index (χ1n) is 14.7. The highest BCUT2D eigenvalue weighted by Crippen LogP contribution is 2.27. The third-order valence-electron chi connectivity index (χ3n) is 6.87. The summed E-state index contributed by atoms with van der Waals surface area (Å²) in [5.41, 5.74) is 4.79. The standard InChI is InChI=1S/C29H33N7O6.C2HF3O2/c1-17-11-22-23(12-18(17)2)33-27(32-22)34-24(37)9-10-30-26-19(3)14-36(28(40)35-26)15-21(13-25(38)39)31-29(41)42-16-20-7-5-4-6-8-20;3-2(4,5)1(6)7/h4-8,11-12,14,21H,9-10,13,15-16H2,1-3H3,(H,31,41)(H,38,39)(H,30,35,40)(H2,32,33,34,37);(H,6,7). The topological polar surface area (TPSA) is 221 Å². The Kier molecular flexibility index (Phi) is 13.0. The third kappa shape index (κ3) is 12.1. The predicted octanol–water partition coefficient (Wildman–Crippen LogP) is 1.05. The Morgan fingerprint density at radius 3 is 2.35 bits per heavy atom. The third-order valence-corrected chi connectivity index (χ3v) is 6.87. The average Bonchev–Trinajstić information content (AvgIpc) is 3.39. The summed E-state index contributed by atoms with van der Waals surface area (Å²) >= 11 is 0. The van der Waals surface area contributed by atoms with Gasteiger partial charge in [-0.1, -0.05) is 30.3 Å². The van der Waals surface area contributed by atoms with E-state index in [1.165, 1.54) is 10.8 Å². The van der Waals surface area contributed by atoms with Gasteiger partial charge in [0.2, 0.25) is 5.91 Å². The number of nitrogens with one attached hydrogen (secondary N) is 3. The molecule has 0 aliphatic carbocycles. The van der Waals surface area contributed by atoms with Crippen LogP contribution in [0.1, 0.15) is 35.1 Å². The van der Waals surface area contributed by atoms with Gasteiger partial charge in [0.1, 0.15) is 24.1 Å². The zero-order chi connectivity index (χ0) is 36.3. The van der Waals surface area contributed by atoms with Crippen molar-refractivity contribution in [3.8, 4) is 0 Å². The van der Waals surface area contributed by atoms with E-state index in [2.05, 4.69) is 25.9 Å². The van der Waals surface area contributed by atoms with Crippen LogP contribution in [0.3, 0.4) is 0 Å².